The van der Waals surface area contributed by atoms with Gasteiger partial charge in [0.2, 0.25) is 5.95 Å². The summed E-state index contributed by atoms with van der Waals surface area (Å²) >= 11 is 0. The van der Waals surface area contributed by atoms with Gasteiger partial charge in [0.1, 0.15) is 0 Å². The highest BCUT2D eigenvalue weighted by atomic mass is 16.1. The van der Waals surface area contributed by atoms with Crippen LogP contribution in [0.3, 0.4) is 0 Å². The molecule has 0 radical (unpaired) electrons. The number of benzene rings is 3. The number of anilines is 1. The second-order valence-corrected chi connectivity index (χ2v) is 6.99. The molecule has 31 heavy (non-hydrogen) atoms. The van der Waals surface area contributed by atoms with Gasteiger partial charge in [0, 0.05) is 7.05 Å². The van der Waals surface area contributed by atoms with Gasteiger partial charge in [0.15, 0.2) is 11.5 Å². The number of nitrogen functional groups attached to an aromatic ring is 1. The Balaban J connectivity index is 1.69. The molecule has 8 heteroatoms. The average Bonchev–Trinajstić information content (AvgIpc) is 3.26. The SMILES string of the molecule is Cn1c(/N=N/c2c(N)n(-c3ccccc3)n(-c3ccccc3)c2=O)nc2ccccc21. The van der Waals surface area contributed by atoms with E-state index < -0.39 is 0 Å². The molecule has 0 bridgehead atoms. The van der Waals surface area contributed by atoms with Gasteiger partial charge in [0.05, 0.1) is 22.4 Å². The molecule has 0 unspecified atom stereocenters. The number of nitrogens with zero attached hydrogens (tertiary/aromatic N) is 6. The number of para-hydroxylation sites is 4. The van der Waals surface area contributed by atoms with Crippen LogP contribution < -0.4 is 11.3 Å². The van der Waals surface area contributed by atoms with E-state index in [-0.39, 0.29) is 17.1 Å². The van der Waals surface area contributed by atoms with Gasteiger partial charge in [-0.05, 0) is 36.4 Å². The Morgan fingerprint density at radius 2 is 1.35 bits per heavy atom. The minimum atomic E-state index is -0.366. The molecule has 2 N–H and O–H groups in total. The monoisotopic (exact) mass is 409 g/mol. The maximum atomic E-state index is 13.3. The van der Waals surface area contributed by atoms with E-state index >= 15 is 0 Å². The van der Waals surface area contributed by atoms with Gasteiger partial charge >= 0.3 is 5.56 Å². The van der Waals surface area contributed by atoms with Gasteiger partial charge in [0.25, 0.3) is 0 Å². The molecule has 2 aromatic heterocycles. The van der Waals surface area contributed by atoms with E-state index in [1.807, 2.05) is 96.5 Å². The lowest BCUT2D eigenvalue weighted by Crippen LogP contribution is -2.20. The van der Waals surface area contributed by atoms with Gasteiger partial charge in [-0.3, -0.25) is 4.79 Å². The summed E-state index contributed by atoms with van der Waals surface area (Å²) in [6.45, 7) is 0. The van der Waals surface area contributed by atoms with Crippen LogP contribution in [-0.2, 0) is 7.05 Å². The smallest absolute Gasteiger partial charge is 0.301 e. The van der Waals surface area contributed by atoms with Crippen molar-refractivity contribution in [1.82, 2.24) is 18.9 Å². The number of imidazole rings is 1. The number of fused-ring (bicyclic) bond motifs is 1. The van der Waals surface area contributed by atoms with Gasteiger partial charge in [-0.15, -0.1) is 10.2 Å². The summed E-state index contributed by atoms with van der Waals surface area (Å²) in [6.07, 6.45) is 0. The Bertz CT molecular complexity index is 1460. The van der Waals surface area contributed by atoms with E-state index in [0.717, 1.165) is 16.7 Å². The predicted octanol–water partition coefficient (Wildman–Crippen LogP) is 4.51. The minimum absolute atomic E-state index is 0.0553. The summed E-state index contributed by atoms with van der Waals surface area (Å²) in [5.41, 5.74) is 9.24. The lowest BCUT2D eigenvalue weighted by atomic mass is 10.3. The lowest BCUT2D eigenvalue weighted by Gasteiger charge is -2.12. The zero-order valence-electron chi connectivity index (χ0n) is 16.8. The first kappa shape index (κ1) is 18.6. The first-order valence-corrected chi connectivity index (χ1v) is 9.72. The second-order valence-electron chi connectivity index (χ2n) is 6.99. The Morgan fingerprint density at radius 3 is 2.00 bits per heavy atom. The largest absolute Gasteiger partial charge is 0.382 e. The molecule has 0 saturated carbocycles. The number of azo groups is 1. The molecule has 152 valence electrons. The molecule has 0 fully saturated rings. The molecule has 0 spiro atoms. The number of aromatic nitrogens is 4. The standard InChI is InChI=1S/C23H19N7O/c1-28-19-15-9-8-14-18(19)25-23(28)27-26-20-21(24)29(16-10-4-2-5-11-16)30(22(20)31)17-12-6-3-7-13-17/h2-15H,24H2,1H3/b27-26+. The summed E-state index contributed by atoms with van der Waals surface area (Å²) in [5.74, 6) is 0.585. The Labute approximate surface area is 177 Å². The fourth-order valence-electron chi connectivity index (χ4n) is 3.55. The van der Waals surface area contributed by atoms with E-state index in [9.17, 15) is 4.79 Å². The van der Waals surface area contributed by atoms with E-state index in [2.05, 4.69) is 15.2 Å². The summed E-state index contributed by atoms with van der Waals surface area (Å²) < 4.78 is 4.95. The predicted molar refractivity (Wildman–Crippen MR) is 121 cm³/mol. The van der Waals surface area contributed by atoms with Crippen molar-refractivity contribution >= 4 is 28.5 Å². The summed E-state index contributed by atoms with van der Waals surface area (Å²) in [4.78, 5) is 17.8. The van der Waals surface area contributed by atoms with Crippen molar-refractivity contribution < 1.29 is 0 Å². The van der Waals surface area contributed by atoms with Crippen LogP contribution in [0.5, 0.6) is 0 Å². The molecule has 0 atom stereocenters. The van der Waals surface area contributed by atoms with Crippen LogP contribution in [0.15, 0.2) is 100.0 Å². The topological polar surface area (TPSA) is 95.5 Å². The minimum Gasteiger partial charge on any atom is -0.382 e. The number of nitrogens with two attached hydrogens (primary N) is 1. The third-order valence-electron chi connectivity index (χ3n) is 5.07. The summed E-state index contributed by atoms with van der Waals surface area (Å²) in [5, 5.41) is 8.47. The quantitative estimate of drug-likeness (QED) is 0.442. The average molecular weight is 409 g/mol. The van der Waals surface area contributed by atoms with Gasteiger partial charge < -0.3 is 10.3 Å². The summed E-state index contributed by atoms with van der Waals surface area (Å²) in [7, 11) is 1.85. The van der Waals surface area contributed by atoms with E-state index in [1.165, 1.54) is 4.68 Å². The highest BCUT2D eigenvalue weighted by Crippen LogP contribution is 2.27. The third kappa shape index (κ3) is 3.10. The number of hydrogen-bond donors (Lipinski definition) is 1. The normalized spacial score (nSPS) is 11.5. The Hall–Kier alpha value is -4.46. The van der Waals surface area contributed by atoms with Crippen molar-refractivity contribution in [2.24, 2.45) is 17.3 Å². The molecule has 3 aromatic carbocycles. The third-order valence-corrected chi connectivity index (χ3v) is 5.07. The first-order chi connectivity index (χ1) is 15.1. The van der Waals surface area contributed by atoms with Crippen LogP contribution >= 0.6 is 0 Å². The Morgan fingerprint density at radius 1 is 0.774 bits per heavy atom. The van der Waals surface area contributed by atoms with Gasteiger partial charge in [-0.2, -0.15) is 0 Å². The van der Waals surface area contributed by atoms with Crippen molar-refractivity contribution in [1.29, 1.82) is 0 Å². The van der Waals surface area contributed by atoms with E-state index in [4.69, 9.17) is 5.73 Å². The highest BCUT2D eigenvalue weighted by molar-refractivity contribution is 5.77. The molecule has 8 nitrogen and oxygen atoms in total. The molecule has 5 aromatic rings. The molecule has 0 aliphatic rings. The molecular formula is C23H19N7O. The van der Waals surface area contributed by atoms with E-state index in [0.29, 0.717) is 11.6 Å². The van der Waals surface area contributed by atoms with Crippen molar-refractivity contribution in [2.45, 2.75) is 0 Å². The lowest BCUT2D eigenvalue weighted by molar-refractivity contribution is 0.731. The Kier molecular flexibility index (Phi) is 4.44. The number of aryl methyl sites for hydroxylation is 1. The molecule has 0 aliphatic carbocycles. The molecule has 2 heterocycles. The van der Waals surface area contributed by atoms with Crippen molar-refractivity contribution in [2.75, 3.05) is 5.73 Å². The van der Waals surface area contributed by atoms with Crippen LogP contribution in [0, 0.1) is 0 Å². The van der Waals surface area contributed by atoms with Crippen LogP contribution in [0.25, 0.3) is 22.4 Å². The van der Waals surface area contributed by atoms with Crippen molar-refractivity contribution in [3.05, 3.63) is 95.3 Å². The van der Waals surface area contributed by atoms with E-state index in [1.54, 1.807) is 4.68 Å². The maximum Gasteiger partial charge on any atom is 0.301 e. The number of rotatable bonds is 4. The van der Waals surface area contributed by atoms with Crippen LogP contribution in [0.4, 0.5) is 17.5 Å². The molecule has 0 aliphatic heterocycles. The van der Waals surface area contributed by atoms with Gasteiger partial charge in [-0.25, -0.2) is 14.3 Å². The molecule has 5 rings (SSSR count). The zero-order chi connectivity index (χ0) is 21.4. The first-order valence-electron chi connectivity index (χ1n) is 9.72. The van der Waals surface area contributed by atoms with Gasteiger partial charge in [-0.1, -0.05) is 48.5 Å². The second kappa shape index (κ2) is 7.42. The van der Waals surface area contributed by atoms with Crippen molar-refractivity contribution in [3.8, 4) is 11.4 Å². The van der Waals surface area contributed by atoms with Crippen LogP contribution in [-0.4, -0.2) is 18.9 Å². The summed E-state index contributed by atoms with van der Waals surface area (Å²) in [6, 6.07) is 26.4. The molecule has 0 amide bonds. The molecular weight excluding hydrogens is 390 g/mol. The zero-order valence-corrected chi connectivity index (χ0v) is 16.8. The fourth-order valence-corrected chi connectivity index (χ4v) is 3.55. The maximum absolute atomic E-state index is 13.3. The van der Waals surface area contributed by atoms with Crippen LogP contribution in [0.2, 0.25) is 0 Å². The fraction of sp³-hybridized carbons (Fsp3) is 0.0435. The number of hydrogen-bond acceptors (Lipinski definition) is 5. The highest BCUT2D eigenvalue weighted by Gasteiger charge is 2.20. The van der Waals surface area contributed by atoms with Crippen molar-refractivity contribution in [3.63, 3.8) is 0 Å². The van der Waals surface area contributed by atoms with Crippen LogP contribution in [0.1, 0.15) is 0 Å². The molecule has 0 saturated heterocycles.